The van der Waals surface area contributed by atoms with Gasteiger partial charge in [-0.05, 0) is 50.8 Å². The number of amides is 1. The Hall–Kier alpha value is -2.49. The number of benzene rings is 2. The molecular formula is C22H27N3O4S2. The van der Waals surface area contributed by atoms with Gasteiger partial charge in [-0.1, -0.05) is 30.4 Å². The van der Waals surface area contributed by atoms with Gasteiger partial charge in [0.25, 0.3) is 5.91 Å². The van der Waals surface area contributed by atoms with E-state index in [2.05, 4.69) is 0 Å². The highest BCUT2D eigenvalue weighted by atomic mass is 32.2. The molecule has 9 heteroatoms. The summed E-state index contributed by atoms with van der Waals surface area (Å²) in [6.45, 7) is 4.63. The number of nitrogens with zero attached hydrogens (tertiary/aromatic N) is 3. The summed E-state index contributed by atoms with van der Waals surface area (Å²) in [6, 6.07) is 10.0. The van der Waals surface area contributed by atoms with Gasteiger partial charge in [0.05, 0.1) is 22.5 Å². The number of sulfone groups is 1. The maximum Gasteiger partial charge on any atom is 0.260 e. The van der Waals surface area contributed by atoms with Gasteiger partial charge >= 0.3 is 0 Å². The minimum atomic E-state index is -3.41. The van der Waals surface area contributed by atoms with Crippen LogP contribution < -0.4 is 9.64 Å². The number of ether oxygens (including phenoxy) is 1. The largest absolute Gasteiger partial charge is 0.494 e. The number of aryl methyl sites for hydroxylation is 1. The zero-order chi connectivity index (χ0) is 22.8. The van der Waals surface area contributed by atoms with Crippen LogP contribution in [0.15, 0.2) is 41.3 Å². The van der Waals surface area contributed by atoms with Crippen molar-refractivity contribution in [2.75, 3.05) is 44.9 Å². The van der Waals surface area contributed by atoms with Gasteiger partial charge in [-0.25, -0.2) is 13.4 Å². The van der Waals surface area contributed by atoms with Gasteiger partial charge < -0.3 is 9.64 Å². The zero-order valence-electron chi connectivity index (χ0n) is 18.4. The fourth-order valence-corrected chi connectivity index (χ4v) is 5.11. The van der Waals surface area contributed by atoms with Crippen LogP contribution in [0, 0.1) is 6.92 Å². The van der Waals surface area contributed by atoms with E-state index in [1.807, 2.05) is 38.1 Å². The van der Waals surface area contributed by atoms with Gasteiger partial charge in [-0.15, -0.1) is 0 Å². The van der Waals surface area contributed by atoms with E-state index in [9.17, 15) is 13.2 Å². The summed E-state index contributed by atoms with van der Waals surface area (Å²) < 4.78 is 31.0. The second-order valence-electron chi connectivity index (χ2n) is 7.45. The molecule has 1 amide bonds. The second-order valence-corrected chi connectivity index (χ2v) is 10.7. The number of carbonyl (C=O) groups excluding carboxylic acids is 1. The number of thiazole rings is 1. The molecule has 3 rings (SSSR count). The molecule has 2 aromatic carbocycles. The third-order valence-corrected chi connectivity index (χ3v) is 7.93. The molecule has 0 fully saturated rings. The number of fused-ring (bicyclic) bond motifs is 1. The third kappa shape index (κ3) is 4.89. The smallest absolute Gasteiger partial charge is 0.260 e. The van der Waals surface area contributed by atoms with Crippen molar-refractivity contribution in [1.82, 2.24) is 9.88 Å². The summed E-state index contributed by atoms with van der Waals surface area (Å²) in [5.41, 5.74) is 2.08. The normalized spacial score (nSPS) is 11.8. The first-order valence-electron chi connectivity index (χ1n) is 9.91. The Morgan fingerprint density at radius 3 is 2.55 bits per heavy atom. The summed E-state index contributed by atoms with van der Waals surface area (Å²) in [4.78, 5) is 22.0. The maximum absolute atomic E-state index is 13.5. The lowest BCUT2D eigenvalue weighted by atomic mass is 10.2. The van der Waals surface area contributed by atoms with Crippen LogP contribution in [0.2, 0.25) is 0 Å². The topological polar surface area (TPSA) is 79.8 Å². The number of aromatic nitrogens is 1. The number of likely N-dealkylation sites (N-methyl/N-ethyl adjacent to an activating group) is 1. The first kappa shape index (κ1) is 23.2. The van der Waals surface area contributed by atoms with E-state index < -0.39 is 9.84 Å². The molecule has 0 radical (unpaired) electrons. The first-order valence-corrected chi connectivity index (χ1v) is 12.4. The minimum absolute atomic E-state index is 0.0219. The van der Waals surface area contributed by atoms with Gasteiger partial charge in [-0.3, -0.25) is 9.69 Å². The average Bonchev–Trinajstić information content (AvgIpc) is 3.20. The predicted octanol–water partition coefficient (Wildman–Crippen LogP) is 3.62. The SMILES string of the molecule is CCS(=O)(=O)c1cccc(C(=O)N(CCN(C)C)c2nc3c(OC)ccc(C)c3s2)c1. The Morgan fingerprint density at radius 1 is 1.16 bits per heavy atom. The Bertz CT molecular complexity index is 1200. The van der Waals surface area contributed by atoms with E-state index >= 15 is 0 Å². The molecule has 0 saturated heterocycles. The Balaban J connectivity index is 2.08. The molecule has 166 valence electrons. The highest BCUT2D eigenvalue weighted by Gasteiger charge is 2.24. The van der Waals surface area contributed by atoms with Crippen LogP contribution in [0.25, 0.3) is 10.2 Å². The van der Waals surface area contributed by atoms with Crippen molar-refractivity contribution < 1.29 is 17.9 Å². The van der Waals surface area contributed by atoms with Gasteiger partial charge in [0.2, 0.25) is 0 Å². The van der Waals surface area contributed by atoms with Crippen molar-refractivity contribution in [3.05, 3.63) is 47.5 Å². The monoisotopic (exact) mass is 461 g/mol. The maximum atomic E-state index is 13.5. The lowest BCUT2D eigenvalue weighted by Gasteiger charge is -2.22. The lowest BCUT2D eigenvalue weighted by Crippen LogP contribution is -2.36. The number of methoxy groups -OCH3 is 1. The molecule has 1 heterocycles. The second kappa shape index (κ2) is 9.33. The number of hydrogen-bond donors (Lipinski definition) is 0. The number of hydrogen-bond acceptors (Lipinski definition) is 7. The molecule has 31 heavy (non-hydrogen) atoms. The summed E-state index contributed by atoms with van der Waals surface area (Å²) in [5.74, 6) is 0.344. The quantitative estimate of drug-likeness (QED) is 0.510. The summed E-state index contributed by atoms with van der Waals surface area (Å²) >= 11 is 1.43. The molecule has 1 aromatic heterocycles. The molecule has 0 aliphatic heterocycles. The van der Waals surface area contributed by atoms with Crippen LogP contribution in [0.3, 0.4) is 0 Å². The van der Waals surface area contributed by atoms with Crippen molar-refractivity contribution in [2.24, 2.45) is 0 Å². The molecule has 0 aliphatic rings. The van der Waals surface area contributed by atoms with Crippen LogP contribution in [0.4, 0.5) is 5.13 Å². The Labute approximate surface area is 187 Å². The molecule has 7 nitrogen and oxygen atoms in total. The molecule has 0 atom stereocenters. The number of carbonyl (C=O) groups is 1. The molecule has 0 saturated carbocycles. The highest BCUT2D eigenvalue weighted by molar-refractivity contribution is 7.91. The van der Waals surface area contributed by atoms with Gasteiger partial charge in [0.1, 0.15) is 11.3 Å². The molecule has 0 spiro atoms. The fourth-order valence-electron chi connectivity index (χ4n) is 3.11. The molecule has 0 bridgehead atoms. The van der Waals surface area contributed by atoms with E-state index in [1.165, 1.54) is 23.5 Å². The van der Waals surface area contributed by atoms with E-state index in [0.717, 1.165) is 10.3 Å². The average molecular weight is 462 g/mol. The van der Waals surface area contributed by atoms with Crippen molar-refractivity contribution in [3.8, 4) is 5.75 Å². The molecule has 0 aliphatic carbocycles. The molecule has 3 aromatic rings. The van der Waals surface area contributed by atoms with Gasteiger partial charge in [0.15, 0.2) is 15.0 Å². The predicted molar refractivity (Wildman–Crippen MR) is 125 cm³/mol. The van der Waals surface area contributed by atoms with Crippen LogP contribution in [-0.2, 0) is 9.84 Å². The Kier molecular flexibility index (Phi) is 6.98. The van der Waals surface area contributed by atoms with Gasteiger partial charge in [0, 0.05) is 18.7 Å². The van der Waals surface area contributed by atoms with E-state index in [-0.39, 0.29) is 16.6 Å². The van der Waals surface area contributed by atoms with Crippen LogP contribution in [0.1, 0.15) is 22.8 Å². The van der Waals surface area contributed by atoms with E-state index in [0.29, 0.717) is 35.1 Å². The minimum Gasteiger partial charge on any atom is -0.494 e. The van der Waals surface area contributed by atoms with E-state index in [1.54, 1.807) is 31.1 Å². The molecular weight excluding hydrogens is 434 g/mol. The fraction of sp³-hybridized carbons (Fsp3) is 0.364. The van der Waals surface area contributed by atoms with Crippen molar-refractivity contribution in [1.29, 1.82) is 0 Å². The van der Waals surface area contributed by atoms with Gasteiger partial charge in [-0.2, -0.15) is 0 Å². The van der Waals surface area contributed by atoms with Crippen molar-refractivity contribution in [2.45, 2.75) is 18.7 Å². The van der Waals surface area contributed by atoms with Crippen LogP contribution in [-0.4, -0.2) is 64.3 Å². The first-order chi connectivity index (χ1) is 14.7. The Morgan fingerprint density at radius 2 is 1.90 bits per heavy atom. The summed E-state index contributed by atoms with van der Waals surface area (Å²) in [7, 11) is 2.05. The number of anilines is 1. The van der Waals surface area contributed by atoms with Crippen LogP contribution in [0.5, 0.6) is 5.75 Å². The summed E-state index contributed by atoms with van der Waals surface area (Å²) in [5, 5.41) is 0.554. The third-order valence-electron chi connectivity index (χ3n) is 4.98. The molecule has 0 unspecified atom stereocenters. The highest BCUT2D eigenvalue weighted by Crippen LogP contribution is 2.36. The number of rotatable bonds is 8. The standard InChI is InChI=1S/C22H27N3O4S2/c1-6-31(27,28)17-9-7-8-16(14-17)21(26)25(13-12-24(3)4)22-23-19-18(29-5)11-10-15(2)20(19)30-22/h7-11,14H,6,12-13H2,1-5H3. The van der Waals surface area contributed by atoms with Crippen molar-refractivity contribution in [3.63, 3.8) is 0 Å². The molecule has 0 N–H and O–H groups in total. The summed E-state index contributed by atoms with van der Waals surface area (Å²) in [6.07, 6.45) is 0. The lowest BCUT2D eigenvalue weighted by molar-refractivity contribution is 0.0985. The van der Waals surface area contributed by atoms with E-state index in [4.69, 9.17) is 9.72 Å². The zero-order valence-corrected chi connectivity index (χ0v) is 20.0. The van der Waals surface area contributed by atoms with Crippen LogP contribution >= 0.6 is 11.3 Å². The van der Waals surface area contributed by atoms with Crippen molar-refractivity contribution >= 4 is 42.4 Å².